The number of hydrogen-bond acceptors (Lipinski definition) is 4. The first-order valence-electron chi connectivity index (χ1n) is 5.45. The first kappa shape index (κ1) is 13.4. The summed E-state index contributed by atoms with van der Waals surface area (Å²) in [6.07, 6.45) is 1.58. The fourth-order valence-electron chi connectivity index (χ4n) is 1.27. The van der Waals surface area contributed by atoms with Crippen molar-refractivity contribution >= 4 is 11.7 Å². The minimum Gasteiger partial charge on any atom is -0.394 e. The molecule has 0 bridgehead atoms. The van der Waals surface area contributed by atoms with Crippen LogP contribution in [-0.2, 0) is 0 Å². The van der Waals surface area contributed by atoms with Gasteiger partial charge in [0, 0.05) is 25.9 Å². The predicted octanol–water partition coefficient (Wildman–Crippen LogP) is 0.966. The second-order valence-electron chi connectivity index (χ2n) is 4.51. The molecule has 17 heavy (non-hydrogen) atoms. The molecule has 0 fully saturated rings. The average molecular weight is 237 g/mol. The summed E-state index contributed by atoms with van der Waals surface area (Å²) >= 11 is 0. The molecule has 0 aliphatic rings. The van der Waals surface area contributed by atoms with E-state index < -0.39 is 5.54 Å². The summed E-state index contributed by atoms with van der Waals surface area (Å²) in [4.78, 5) is 17.8. The van der Waals surface area contributed by atoms with E-state index in [1.807, 2.05) is 13.8 Å². The van der Waals surface area contributed by atoms with Crippen LogP contribution in [0.3, 0.4) is 0 Å². The quantitative estimate of drug-likeness (QED) is 0.819. The summed E-state index contributed by atoms with van der Waals surface area (Å²) in [5.41, 5.74) is -0.0338. The topological polar surface area (TPSA) is 65.5 Å². The molecule has 0 saturated carbocycles. The molecule has 0 saturated heterocycles. The molecule has 1 heterocycles. The van der Waals surface area contributed by atoms with E-state index in [-0.39, 0.29) is 12.5 Å². The van der Waals surface area contributed by atoms with Gasteiger partial charge in [-0.3, -0.25) is 4.79 Å². The highest BCUT2D eigenvalue weighted by Crippen LogP contribution is 2.16. The number of hydrogen-bond donors (Lipinski definition) is 2. The molecule has 0 aliphatic carbocycles. The van der Waals surface area contributed by atoms with Gasteiger partial charge in [0.1, 0.15) is 5.82 Å². The Morgan fingerprint density at radius 1 is 1.59 bits per heavy atom. The SMILES string of the molecule is CNc1cc(C(=O)N(C)C(C)(C)CO)ccn1. The molecule has 1 amide bonds. The lowest BCUT2D eigenvalue weighted by Gasteiger charge is -2.34. The van der Waals surface area contributed by atoms with Crippen LogP contribution in [0.5, 0.6) is 0 Å². The van der Waals surface area contributed by atoms with E-state index in [4.69, 9.17) is 0 Å². The third-order valence-corrected chi connectivity index (χ3v) is 2.86. The van der Waals surface area contributed by atoms with Gasteiger partial charge in [-0.1, -0.05) is 0 Å². The normalized spacial score (nSPS) is 11.1. The van der Waals surface area contributed by atoms with Gasteiger partial charge in [0.15, 0.2) is 0 Å². The molecule has 1 aromatic rings. The van der Waals surface area contributed by atoms with Crippen molar-refractivity contribution in [2.75, 3.05) is 26.0 Å². The van der Waals surface area contributed by atoms with Crippen LogP contribution >= 0.6 is 0 Å². The lowest BCUT2D eigenvalue weighted by molar-refractivity contribution is 0.0473. The van der Waals surface area contributed by atoms with Gasteiger partial charge in [0.05, 0.1) is 12.1 Å². The van der Waals surface area contributed by atoms with Crippen LogP contribution in [0.25, 0.3) is 0 Å². The minimum absolute atomic E-state index is 0.0841. The van der Waals surface area contributed by atoms with E-state index in [1.165, 1.54) is 4.90 Å². The van der Waals surface area contributed by atoms with Crippen molar-refractivity contribution in [2.45, 2.75) is 19.4 Å². The van der Waals surface area contributed by atoms with Gasteiger partial charge in [0.2, 0.25) is 0 Å². The monoisotopic (exact) mass is 237 g/mol. The van der Waals surface area contributed by atoms with E-state index in [1.54, 1.807) is 32.4 Å². The smallest absolute Gasteiger partial charge is 0.254 e. The van der Waals surface area contributed by atoms with Crippen molar-refractivity contribution in [3.63, 3.8) is 0 Å². The molecule has 0 spiro atoms. The second-order valence-corrected chi connectivity index (χ2v) is 4.51. The second kappa shape index (κ2) is 5.14. The van der Waals surface area contributed by atoms with Crippen LogP contribution in [-0.4, -0.2) is 47.1 Å². The van der Waals surface area contributed by atoms with Gasteiger partial charge >= 0.3 is 0 Å². The molecule has 0 aliphatic heterocycles. The van der Waals surface area contributed by atoms with Crippen LogP contribution < -0.4 is 5.32 Å². The van der Waals surface area contributed by atoms with Gasteiger partial charge in [-0.15, -0.1) is 0 Å². The fourth-order valence-corrected chi connectivity index (χ4v) is 1.27. The number of aliphatic hydroxyl groups is 1. The van der Waals surface area contributed by atoms with E-state index >= 15 is 0 Å². The highest BCUT2D eigenvalue weighted by molar-refractivity contribution is 5.95. The van der Waals surface area contributed by atoms with Crippen LogP contribution in [0, 0.1) is 0 Å². The summed E-state index contributed by atoms with van der Waals surface area (Å²) < 4.78 is 0. The summed E-state index contributed by atoms with van der Waals surface area (Å²) in [5, 5.41) is 12.1. The van der Waals surface area contributed by atoms with Gasteiger partial charge in [-0.05, 0) is 26.0 Å². The molecule has 0 aromatic carbocycles. The number of amides is 1. The van der Waals surface area contributed by atoms with Crippen molar-refractivity contribution in [3.05, 3.63) is 23.9 Å². The van der Waals surface area contributed by atoms with Gasteiger partial charge in [0.25, 0.3) is 5.91 Å². The molecule has 94 valence electrons. The van der Waals surface area contributed by atoms with Gasteiger partial charge in [-0.25, -0.2) is 4.98 Å². The number of anilines is 1. The van der Waals surface area contributed by atoms with Gasteiger partial charge in [-0.2, -0.15) is 0 Å². The third-order valence-electron chi connectivity index (χ3n) is 2.86. The number of aliphatic hydroxyl groups excluding tert-OH is 1. The number of pyridine rings is 1. The fraction of sp³-hybridized carbons (Fsp3) is 0.500. The molecule has 2 N–H and O–H groups in total. The molecule has 0 unspecified atom stereocenters. The van der Waals surface area contributed by atoms with Crippen LogP contribution in [0.2, 0.25) is 0 Å². The van der Waals surface area contributed by atoms with E-state index in [2.05, 4.69) is 10.3 Å². The van der Waals surface area contributed by atoms with E-state index in [0.717, 1.165) is 0 Å². The standard InChI is InChI=1S/C12H19N3O2/c1-12(2,8-16)15(4)11(17)9-5-6-14-10(7-9)13-3/h5-7,16H,8H2,1-4H3,(H,13,14). The summed E-state index contributed by atoms with van der Waals surface area (Å²) in [6, 6.07) is 3.35. The highest BCUT2D eigenvalue weighted by Gasteiger charge is 2.27. The van der Waals surface area contributed by atoms with E-state index in [0.29, 0.717) is 11.4 Å². The van der Waals surface area contributed by atoms with Crippen molar-refractivity contribution < 1.29 is 9.90 Å². The maximum absolute atomic E-state index is 12.2. The van der Waals surface area contributed by atoms with Crippen molar-refractivity contribution in [1.29, 1.82) is 0 Å². The molecule has 0 atom stereocenters. The van der Waals surface area contributed by atoms with Gasteiger partial charge < -0.3 is 15.3 Å². The number of nitrogens with zero attached hydrogens (tertiary/aromatic N) is 2. The van der Waals surface area contributed by atoms with Crippen molar-refractivity contribution in [2.24, 2.45) is 0 Å². The Morgan fingerprint density at radius 3 is 2.76 bits per heavy atom. The molecule has 5 nitrogen and oxygen atoms in total. The lowest BCUT2D eigenvalue weighted by atomic mass is 10.0. The zero-order valence-electron chi connectivity index (χ0n) is 10.7. The molecule has 1 aromatic heterocycles. The number of aromatic nitrogens is 1. The van der Waals surface area contributed by atoms with Crippen molar-refractivity contribution in [3.8, 4) is 0 Å². The summed E-state index contributed by atoms with van der Waals surface area (Å²) in [7, 11) is 3.43. The maximum Gasteiger partial charge on any atom is 0.254 e. The van der Waals surface area contributed by atoms with Crippen molar-refractivity contribution in [1.82, 2.24) is 9.88 Å². The Balaban J connectivity index is 2.96. The highest BCUT2D eigenvalue weighted by atomic mass is 16.3. The lowest BCUT2D eigenvalue weighted by Crippen LogP contribution is -2.47. The molecular weight excluding hydrogens is 218 g/mol. The first-order valence-corrected chi connectivity index (χ1v) is 5.45. The van der Waals surface area contributed by atoms with Crippen LogP contribution in [0.1, 0.15) is 24.2 Å². The minimum atomic E-state index is -0.583. The predicted molar refractivity (Wildman–Crippen MR) is 67.0 cm³/mol. The zero-order chi connectivity index (χ0) is 13.1. The number of carbonyl (C=O) groups is 1. The number of nitrogens with one attached hydrogen (secondary N) is 1. The first-order chi connectivity index (χ1) is 7.92. The molecule has 1 rings (SSSR count). The van der Waals surface area contributed by atoms with Crippen LogP contribution in [0.4, 0.5) is 5.82 Å². The number of rotatable bonds is 4. The summed E-state index contributed by atoms with van der Waals surface area (Å²) in [5.74, 6) is 0.508. The average Bonchev–Trinajstić information content (AvgIpc) is 2.37. The molecule has 5 heteroatoms. The molecular formula is C12H19N3O2. The van der Waals surface area contributed by atoms with Crippen LogP contribution in [0.15, 0.2) is 18.3 Å². The Bertz CT molecular complexity index is 404. The maximum atomic E-state index is 12.2. The largest absolute Gasteiger partial charge is 0.394 e. The molecule has 0 radical (unpaired) electrons. The Morgan fingerprint density at radius 2 is 2.24 bits per heavy atom. The Kier molecular flexibility index (Phi) is 4.07. The van der Waals surface area contributed by atoms with E-state index in [9.17, 15) is 9.90 Å². The third kappa shape index (κ3) is 2.94. The zero-order valence-corrected chi connectivity index (χ0v) is 10.7. The Hall–Kier alpha value is -1.62. The Labute approximate surface area is 101 Å². The number of carbonyl (C=O) groups excluding carboxylic acids is 1. The summed E-state index contributed by atoms with van der Waals surface area (Å²) in [6.45, 7) is 3.54. The number of likely N-dealkylation sites (N-methyl/N-ethyl adjacent to an activating group) is 1.